The fourth-order valence-electron chi connectivity index (χ4n) is 4.14. The number of anilines is 1. The predicted molar refractivity (Wildman–Crippen MR) is 122 cm³/mol. The summed E-state index contributed by atoms with van der Waals surface area (Å²) in [5, 5.41) is 2.25. The van der Waals surface area contributed by atoms with E-state index in [2.05, 4.69) is 57.2 Å². The van der Waals surface area contributed by atoms with Gasteiger partial charge in [0.15, 0.2) is 0 Å². The van der Waals surface area contributed by atoms with Crippen molar-refractivity contribution < 1.29 is 0 Å². The lowest BCUT2D eigenvalue weighted by molar-refractivity contribution is 0.248. The molecule has 1 aliphatic rings. The lowest BCUT2D eigenvalue weighted by Gasteiger charge is -2.35. The quantitative estimate of drug-likeness (QED) is 0.568. The number of fused-ring (bicyclic) bond motifs is 1. The van der Waals surface area contributed by atoms with E-state index in [1.807, 2.05) is 30.3 Å². The van der Waals surface area contributed by atoms with Gasteiger partial charge in [-0.15, -0.1) is 0 Å². The number of aromatic amines is 1. The summed E-state index contributed by atoms with van der Waals surface area (Å²) in [6.45, 7) is 4.52. The van der Waals surface area contributed by atoms with E-state index < -0.39 is 0 Å². The first-order valence-corrected chi connectivity index (χ1v) is 10.4. The number of nitrogens with one attached hydrogen (secondary N) is 1. The zero-order chi connectivity index (χ0) is 20.3. The van der Waals surface area contributed by atoms with Crippen LogP contribution in [0.3, 0.4) is 0 Å². The van der Waals surface area contributed by atoms with E-state index >= 15 is 0 Å². The van der Waals surface area contributed by atoms with Gasteiger partial charge in [-0.05, 0) is 16.3 Å². The van der Waals surface area contributed by atoms with Crippen molar-refractivity contribution in [2.24, 2.45) is 0 Å². The number of hydrogen-bond acceptors (Lipinski definition) is 4. The van der Waals surface area contributed by atoms with Gasteiger partial charge in [-0.3, -0.25) is 14.7 Å². The molecule has 1 saturated heterocycles. The van der Waals surface area contributed by atoms with Crippen molar-refractivity contribution in [3.05, 3.63) is 94.8 Å². The standard InChI is InChI=1S/C25H24N4O/c30-24-17-23(22-12-6-10-20-9-4-5-11-21(20)22)26-25(27-24)29-15-13-28(14-16-29)18-19-7-2-1-3-8-19/h1-12,17H,13-16,18H2,(H,26,27,30). The Kier molecular flexibility index (Phi) is 5.03. The van der Waals surface area contributed by atoms with E-state index in [0.29, 0.717) is 5.95 Å². The highest BCUT2D eigenvalue weighted by atomic mass is 16.1. The van der Waals surface area contributed by atoms with Crippen molar-refractivity contribution in [1.29, 1.82) is 0 Å². The van der Waals surface area contributed by atoms with Crippen molar-refractivity contribution >= 4 is 16.7 Å². The second kappa shape index (κ2) is 8.13. The highest BCUT2D eigenvalue weighted by Crippen LogP contribution is 2.27. The Hall–Kier alpha value is -3.44. The average Bonchev–Trinajstić information content (AvgIpc) is 2.79. The van der Waals surface area contributed by atoms with Crippen LogP contribution in [-0.4, -0.2) is 41.0 Å². The van der Waals surface area contributed by atoms with E-state index in [4.69, 9.17) is 4.98 Å². The Morgan fingerprint density at radius 2 is 1.57 bits per heavy atom. The largest absolute Gasteiger partial charge is 0.340 e. The van der Waals surface area contributed by atoms with Gasteiger partial charge in [0.1, 0.15) is 0 Å². The van der Waals surface area contributed by atoms with Crippen LogP contribution >= 0.6 is 0 Å². The molecule has 1 aliphatic heterocycles. The Balaban J connectivity index is 1.38. The van der Waals surface area contributed by atoms with Gasteiger partial charge in [-0.25, -0.2) is 4.98 Å². The first-order chi connectivity index (χ1) is 14.8. The molecule has 0 radical (unpaired) electrons. The topological polar surface area (TPSA) is 52.2 Å². The van der Waals surface area contributed by atoms with Crippen LogP contribution in [0.25, 0.3) is 22.0 Å². The summed E-state index contributed by atoms with van der Waals surface area (Å²) < 4.78 is 0. The van der Waals surface area contributed by atoms with Gasteiger partial charge < -0.3 is 4.90 Å². The Morgan fingerprint density at radius 1 is 0.833 bits per heavy atom. The van der Waals surface area contributed by atoms with Crippen molar-refractivity contribution in [2.45, 2.75) is 6.54 Å². The fraction of sp³-hybridized carbons (Fsp3) is 0.200. The molecule has 4 aromatic rings. The highest BCUT2D eigenvalue weighted by Gasteiger charge is 2.20. The lowest BCUT2D eigenvalue weighted by atomic mass is 10.0. The Labute approximate surface area is 175 Å². The number of hydrogen-bond donors (Lipinski definition) is 1. The zero-order valence-corrected chi connectivity index (χ0v) is 16.8. The number of rotatable bonds is 4. The van der Waals surface area contributed by atoms with E-state index in [9.17, 15) is 4.79 Å². The van der Waals surface area contributed by atoms with Crippen molar-refractivity contribution in [1.82, 2.24) is 14.9 Å². The third-order valence-corrected chi connectivity index (χ3v) is 5.72. The van der Waals surface area contributed by atoms with Gasteiger partial charge >= 0.3 is 0 Å². The van der Waals surface area contributed by atoms with Gasteiger partial charge in [0.05, 0.1) is 5.69 Å². The molecule has 0 amide bonds. The summed E-state index contributed by atoms with van der Waals surface area (Å²) >= 11 is 0. The Morgan fingerprint density at radius 3 is 2.40 bits per heavy atom. The third kappa shape index (κ3) is 3.84. The SMILES string of the molecule is O=c1cc(-c2cccc3ccccc23)nc(N2CCN(Cc3ccccc3)CC2)[nH]1. The number of aromatic nitrogens is 2. The number of piperazine rings is 1. The normalized spacial score (nSPS) is 14.9. The molecule has 0 unspecified atom stereocenters. The van der Waals surface area contributed by atoms with Crippen LogP contribution < -0.4 is 10.5 Å². The first kappa shape index (κ1) is 18.6. The number of benzene rings is 3. The molecule has 0 atom stereocenters. The van der Waals surface area contributed by atoms with Crippen molar-refractivity contribution in [2.75, 3.05) is 31.1 Å². The first-order valence-electron chi connectivity index (χ1n) is 10.4. The molecule has 1 fully saturated rings. The molecule has 0 aliphatic carbocycles. The van der Waals surface area contributed by atoms with E-state index in [-0.39, 0.29) is 5.56 Å². The van der Waals surface area contributed by atoms with Gasteiger partial charge in [0.2, 0.25) is 5.95 Å². The van der Waals surface area contributed by atoms with Crippen LogP contribution in [0.15, 0.2) is 83.7 Å². The summed E-state index contributed by atoms with van der Waals surface area (Å²) in [4.78, 5) is 24.8. The van der Waals surface area contributed by atoms with Crippen LogP contribution in [0.4, 0.5) is 5.95 Å². The molecule has 5 rings (SSSR count). The molecule has 150 valence electrons. The lowest BCUT2D eigenvalue weighted by Crippen LogP contribution is -2.46. The summed E-state index contributed by atoms with van der Waals surface area (Å²) in [7, 11) is 0. The molecule has 3 aromatic carbocycles. The molecule has 0 saturated carbocycles. The van der Waals surface area contributed by atoms with Crippen molar-refractivity contribution in [3.63, 3.8) is 0 Å². The van der Waals surface area contributed by atoms with Crippen LogP contribution in [0.2, 0.25) is 0 Å². The zero-order valence-electron chi connectivity index (χ0n) is 16.8. The maximum absolute atomic E-state index is 12.4. The molecule has 1 aromatic heterocycles. The van der Waals surface area contributed by atoms with Crippen LogP contribution in [0.5, 0.6) is 0 Å². The van der Waals surface area contributed by atoms with Gasteiger partial charge in [0, 0.05) is 44.4 Å². The van der Waals surface area contributed by atoms with Crippen LogP contribution in [-0.2, 0) is 6.54 Å². The van der Waals surface area contributed by atoms with Crippen LogP contribution in [0, 0.1) is 0 Å². The minimum Gasteiger partial charge on any atom is -0.340 e. The molecular weight excluding hydrogens is 372 g/mol. The van der Waals surface area contributed by atoms with E-state index in [1.165, 1.54) is 5.56 Å². The van der Waals surface area contributed by atoms with E-state index in [1.54, 1.807) is 6.07 Å². The molecule has 5 heteroatoms. The second-order valence-electron chi connectivity index (χ2n) is 7.73. The van der Waals surface area contributed by atoms with Gasteiger partial charge in [-0.2, -0.15) is 0 Å². The number of H-pyrrole nitrogens is 1. The predicted octanol–water partition coefficient (Wildman–Crippen LogP) is 3.91. The van der Waals surface area contributed by atoms with Crippen molar-refractivity contribution in [3.8, 4) is 11.3 Å². The average molecular weight is 396 g/mol. The maximum atomic E-state index is 12.4. The van der Waals surface area contributed by atoms with Gasteiger partial charge in [0.25, 0.3) is 5.56 Å². The van der Waals surface area contributed by atoms with E-state index in [0.717, 1.165) is 54.8 Å². The smallest absolute Gasteiger partial charge is 0.252 e. The molecule has 30 heavy (non-hydrogen) atoms. The molecule has 0 bridgehead atoms. The molecular formula is C25H24N4O. The van der Waals surface area contributed by atoms with Crippen LogP contribution in [0.1, 0.15) is 5.56 Å². The minimum atomic E-state index is -0.116. The summed E-state index contributed by atoms with van der Waals surface area (Å²) in [6.07, 6.45) is 0. The summed E-state index contributed by atoms with van der Waals surface area (Å²) in [6, 6.07) is 26.5. The highest BCUT2D eigenvalue weighted by molar-refractivity contribution is 5.95. The molecule has 2 heterocycles. The number of nitrogens with zero attached hydrogens (tertiary/aromatic N) is 3. The molecule has 5 nitrogen and oxygen atoms in total. The second-order valence-corrected chi connectivity index (χ2v) is 7.73. The molecule has 1 N–H and O–H groups in total. The fourth-order valence-corrected chi connectivity index (χ4v) is 4.14. The minimum absolute atomic E-state index is 0.116. The summed E-state index contributed by atoms with van der Waals surface area (Å²) in [5.41, 5.74) is 2.92. The monoisotopic (exact) mass is 396 g/mol. The maximum Gasteiger partial charge on any atom is 0.252 e. The Bertz CT molecular complexity index is 1210. The van der Waals surface area contributed by atoms with Gasteiger partial charge in [-0.1, -0.05) is 72.8 Å². The molecule has 0 spiro atoms. The third-order valence-electron chi connectivity index (χ3n) is 5.72. The summed E-state index contributed by atoms with van der Waals surface area (Å²) in [5.74, 6) is 0.657.